The number of likely N-dealkylation sites (tertiary alicyclic amines) is 1. The zero-order valence-electron chi connectivity index (χ0n) is 15.4. The number of fused-ring (bicyclic) bond motifs is 2. The average Bonchev–Trinajstić information content (AvgIpc) is 3.17. The molecule has 0 spiro atoms. The van der Waals surface area contributed by atoms with E-state index in [0.717, 1.165) is 31.4 Å². The first-order valence-electron chi connectivity index (χ1n) is 9.61. The van der Waals surface area contributed by atoms with Crippen LogP contribution >= 0.6 is 0 Å². The van der Waals surface area contributed by atoms with E-state index < -0.39 is 0 Å². The van der Waals surface area contributed by atoms with Crippen LogP contribution in [0.25, 0.3) is 10.9 Å². The second-order valence-electron chi connectivity index (χ2n) is 7.43. The summed E-state index contributed by atoms with van der Waals surface area (Å²) in [4.78, 5) is 29.7. The minimum absolute atomic E-state index is 0.0124. The van der Waals surface area contributed by atoms with E-state index in [1.165, 1.54) is 11.1 Å². The summed E-state index contributed by atoms with van der Waals surface area (Å²) in [7, 11) is 0. The normalized spacial score (nSPS) is 17.1. The molecule has 0 unspecified atom stereocenters. The number of piperidine rings is 1. The predicted octanol–water partition coefficient (Wildman–Crippen LogP) is 3.52. The molecule has 5 rings (SSSR count). The number of carbonyl (C=O) groups excluding carboxylic acids is 2. The molecule has 2 amide bonds. The highest BCUT2D eigenvalue weighted by Crippen LogP contribution is 2.32. The molecule has 6 heteroatoms. The number of carbonyl (C=O) groups is 2. The zero-order chi connectivity index (χ0) is 19.1. The van der Waals surface area contributed by atoms with E-state index in [2.05, 4.69) is 34.6 Å². The van der Waals surface area contributed by atoms with Crippen molar-refractivity contribution in [2.24, 2.45) is 0 Å². The number of nitrogens with zero attached hydrogens (tertiary/aromatic N) is 1. The van der Waals surface area contributed by atoms with Crippen molar-refractivity contribution in [3.05, 3.63) is 59.8 Å². The predicted molar refractivity (Wildman–Crippen MR) is 107 cm³/mol. The lowest BCUT2D eigenvalue weighted by molar-refractivity contribution is -0.118. The Morgan fingerprint density at radius 1 is 1.07 bits per heavy atom. The molecular weight excluding hydrogens is 354 g/mol. The van der Waals surface area contributed by atoms with Crippen LogP contribution in [0.15, 0.2) is 48.5 Å². The number of rotatable bonds is 2. The molecule has 0 bridgehead atoms. The molecule has 142 valence electrons. The topological polar surface area (TPSA) is 74.4 Å². The molecule has 28 heavy (non-hydrogen) atoms. The maximum absolute atomic E-state index is 12.9. The van der Waals surface area contributed by atoms with E-state index in [4.69, 9.17) is 4.74 Å². The molecule has 1 saturated heterocycles. The summed E-state index contributed by atoms with van der Waals surface area (Å²) in [5.41, 5.74) is 3.63. The Balaban J connectivity index is 1.27. The summed E-state index contributed by atoms with van der Waals surface area (Å²) < 4.78 is 5.43. The van der Waals surface area contributed by atoms with E-state index in [9.17, 15) is 9.59 Å². The molecule has 1 aromatic heterocycles. The highest BCUT2D eigenvalue weighted by atomic mass is 16.5. The SMILES string of the molecule is O=C1COc2cc(C(=O)N3CCC(c4cc5ccccc5[nH]4)CC3)ccc2N1. The fourth-order valence-electron chi connectivity index (χ4n) is 4.10. The quantitative estimate of drug-likeness (QED) is 0.720. The first-order valence-corrected chi connectivity index (χ1v) is 9.61. The van der Waals surface area contributed by atoms with E-state index in [0.29, 0.717) is 22.9 Å². The fraction of sp³-hybridized carbons (Fsp3) is 0.273. The molecule has 6 nitrogen and oxygen atoms in total. The number of hydrogen-bond acceptors (Lipinski definition) is 3. The van der Waals surface area contributed by atoms with Gasteiger partial charge in [-0.3, -0.25) is 9.59 Å². The maximum Gasteiger partial charge on any atom is 0.262 e. The average molecular weight is 375 g/mol. The highest BCUT2D eigenvalue weighted by molar-refractivity contribution is 5.99. The summed E-state index contributed by atoms with van der Waals surface area (Å²) >= 11 is 0. The molecular formula is C22H21N3O3. The Hall–Kier alpha value is -3.28. The van der Waals surface area contributed by atoms with Crippen LogP contribution in [0.5, 0.6) is 5.75 Å². The lowest BCUT2D eigenvalue weighted by Gasteiger charge is -2.32. The number of anilines is 1. The van der Waals surface area contributed by atoms with Gasteiger partial charge < -0.3 is 19.9 Å². The third kappa shape index (κ3) is 3.01. The van der Waals surface area contributed by atoms with E-state index in [1.54, 1.807) is 18.2 Å². The number of benzene rings is 2. The van der Waals surface area contributed by atoms with Gasteiger partial charge in [0.2, 0.25) is 0 Å². The number of aromatic amines is 1. The zero-order valence-corrected chi connectivity index (χ0v) is 15.4. The van der Waals surface area contributed by atoms with Crippen LogP contribution in [0.2, 0.25) is 0 Å². The molecule has 2 aliphatic rings. The molecule has 2 aromatic carbocycles. The van der Waals surface area contributed by atoms with Crippen LogP contribution in [0.1, 0.15) is 34.8 Å². The smallest absolute Gasteiger partial charge is 0.262 e. The van der Waals surface area contributed by atoms with Gasteiger partial charge in [0.25, 0.3) is 11.8 Å². The molecule has 2 aliphatic heterocycles. The van der Waals surface area contributed by atoms with Gasteiger partial charge in [0.1, 0.15) is 5.75 Å². The third-order valence-corrected chi connectivity index (χ3v) is 5.63. The largest absolute Gasteiger partial charge is 0.482 e. The van der Waals surface area contributed by atoms with Crippen molar-refractivity contribution in [2.75, 3.05) is 25.0 Å². The van der Waals surface area contributed by atoms with Crippen molar-refractivity contribution in [3.63, 3.8) is 0 Å². The van der Waals surface area contributed by atoms with Crippen LogP contribution < -0.4 is 10.1 Å². The lowest BCUT2D eigenvalue weighted by atomic mass is 9.93. The highest BCUT2D eigenvalue weighted by Gasteiger charge is 2.26. The Morgan fingerprint density at radius 2 is 1.89 bits per heavy atom. The van der Waals surface area contributed by atoms with Crippen molar-refractivity contribution in [2.45, 2.75) is 18.8 Å². The first kappa shape index (κ1) is 16.9. The summed E-state index contributed by atoms with van der Waals surface area (Å²) in [6.45, 7) is 1.45. The fourth-order valence-corrected chi connectivity index (χ4v) is 4.10. The Bertz CT molecular complexity index is 1030. The third-order valence-electron chi connectivity index (χ3n) is 5.63. The monoisotopic (exact) mass is 375 g/mol. The summed E-state index contributed by atoms with van der Waals surface area (Å²) in [5.74, 6) is 0.834. The van der Waals surface area contributed by atoms with Gasteiger partial charge in [-0.15, -0.1) is 0 Å². The Morgan fingerprint density at radius 3 is 2.71 bits per heavy atom. The van der Waals surface area contributed by atoms with E-state index in [-0.39, 0.29) is 18.4 Å². The van der Waals surface area contributed by atoms with Crippen LogP contribution in [0.3, 0.4) is 0 Å². The number of nitrogens with one attached hydrogen (secondary N) is 2. The first-order chi connectivity index (χ1) is 13.7. The van der Waals surface area contributed by atoms with Crippen LogP contribution in [0.4, 0.5) is 5.69 Å². The Labute approximate surface area is 162 Å². The van der Waals surface area contributed by atoms with Gasteiger partial charge in [-0.2, -0.15) is 0 Å². The van der Waals surface area contributed by atoms with E-state index in [1.807, 2.05) is 11.0 Å². The van der Waals surface area contributed by atoms with Gasteiger partial charge in [-0.1, -0.05) is 18.2 Å². The number of hydrogen-bond donors (Lipinski definition) is 2. The number of aromatic nitrogens is 1. The molecule has 3 aromatic rings. The number of amides is 2. The summed E-state index contributed by atoms with van der Waals surface area (Å²) in [5, 5.41) is 3.98. The standard InChI is InChI=1S/C22H21N3O3/c26-21-13-28-20-12-16(5-6-18(20)24-21)22(27)25-9-7-14(8-10-25)19-11-15-3-1-2-4-17(15)23-19/h1-6,11-12,14,23H,7-10,13H2,(H,24,26). The minimum Gasteiger partial charge on any atom is -0.482 e. The maximum atomic E-state index is 12.9. The molecule has 0 radical (unpaired) electrons. The van der Waals surface area contributed by atoms with Crippen molar-refractivity contribution in [1.29, 1.82) is 0 Å². The van der Waals surface area contributed by atoms with Crippen molar-refractivity contribution >= 4 is 28.4 Å². The second-order valence-corrected chi connectivity index (χ2v) is 7.43. The number of ether oxygens (including phenoxy) is 1. The molecule has 3 heterocycles. The van der Waals surface area contributed by atoms with Gasteiger partial charge in [0.15, 0.2) is 6.61 Å². The van der Waals surface area contributed by atoms with Crippen molar-refractivity contribution < 1.29 is 14.3 Å². The van der Waals surface area contributed by atoms with Crippen molar-refractivity contribution in [3.8, 4) is 5.75 Å². The molecule has 1 fully saturated rings. The van der Waals surface area contributed by atoms with Crippen LogP contribution in [0, 0.1) is 0 Å². The van der Waals surface area contributed by atoms with Crippen LogP contribution in [-0.4, -0.2) is 41.4 Å². The molecule has 0 atom stereocenters. The van der Waals surface area contributed by atoms with E-state index >= 15 is 0 Å². The van der Waals surface area contributed by atoms with Gasteiger partial charge >= 0.3 is 0 Å². The van der Waals surface area contributed by atoms with Gasteiger partial charge in [-0.25, -0.2) is 0 Å². The van der Waals surface area contributed by atoms with Gasteiger partial charge in [-0.05, 0) is 48.6 Å². The van der Waals surface area contributed by atoms with Crippen molar-refractivity contribution in [1.82, 2.24) is 9.88 Å². The molecule has 2 N–H and O–H groups in total. The number of para-hydroxylation sites is 1. The summed E-state index contributed by atoms with van der Waals surface area (Å²) in [6, 6.07) is 15.7. The second kappa shape index (κ2) is 6.71. The molecule has 0 aliphatic carbocycles. The van der Waals surface area contributed by atoms with Gasteiger partial charge in [0.05, 0.1) is 5.69 Å². The minimum atomic E-state index is -0.175. The van der Waals surface area contributed by atoms with Crippen LogP contribution in [-0.2, 0) is 4.79 Å². The molecule has 0 saturated carbocycles. The summed E-state index contributed by atoms with van der Waals surface area (Å²) in [6.07, 6.45) is 1.88. The van der Waals surface area contributed by atoms with Gasteiger partial charge in [0, 0.05) is 35.8 Å². The number of H-pyrrole nitrogens is 1. The Kier molecular flexibility index (Phi) is 4.04. The lowest BCUT2D eigenvalue weighted by Crippen LogP contribution is -2.38.